The molecule has 7 nitrogen and oxygen atoms in total. The molecule has 1 aromatic carbocycles. The Balaban J connectivity index is 2.91. The molecule has 0 radical (unpaired) electrons. The van der Waals surface area contributed by atoms with Crippen molar-refractivity contribution < 1.29 is 19.6 Å². The molecule has 19 heavy (non-hydrogen) atoms. The second-order valence-corrected chi connectivity index (χ2v) is 4.32. The number of aliphatic carboxylic acids is 1. The van der Waals surface area contributed by atoms with Gasteiger partial charge in [0, 0.05) is 17.7 Å². The molecule has 1 rings (SSSR count). The summed E-state index contributed by atoms with van der Waals surface area (Å²) in [4.78, 5) is 32.6. The molecular formula is C12H13N2O5-. The SMILES string of the molecule is CC(C)[C@H](NC(=O)c1cccc([N+](=O)[O-])c1)C(=O)[O-]. The van der Waals surface area contributed by atoms with Crippen molar-refractivity contribution in [2.45, 2.75) is 19.9 Å². The van der Waals surface area contributed by atoms with Crippen molar-refractivity contribution in [2.24, 2.45) is 5.92 Å². The zero-order chi connectivity index (χ0) is 14.6. The first-order valence-corrected chi connectivity index (χ1v) is 5.59. The quantitative estimate of drug-likeness (QED) is 0.599. The molecule has 0 unspecified atom stereocenters. The molecule has 0 bridgehead atoms. The fourth-order valence-corrected chi connectivity index (χ4v) is 1.48. The molecule has 0 saturated carbocycles. The Kier molecular flexibility index (Phi) is 4.57. The molecule has 1 N–H and O–H groups in total. The van der Waals surface area contributed by atoms with Gasteiger partial charge in [-0.3, -0.25) is 14.9 Å². The second-order valence-electron chi connectivity index (χ2n) is 4.32. The number of hydrogen-bond donors (Lipinski definition) is 1. The summed E-state index contributed by atoms with van der Waals surface area (Å²) in [6.45, 7) is 3.24. The van der Waals surface area contributed by atoms with Crippen LogP contribution in [0.25, 0.3) is 0 Å². The number of nitro benzene ring substituents is 1. The number of benzene rings is 1. The van der Waals surface area contributed by atoms with Gasteiger partial charge >= 0.3 is 0 Å². The number of rotatable bonds is 5. The van der Waals surface area contributed by atoms with Gasteiger partial charge in [-0.15, -0.1) is 0 Å². The number of nitro groups is 1. The Morgan fingerprint density at radius 3 is 2.42 bits per heavy atom. The van der Waals surface area contributed by atoms with E-state index in [1.165, 1.54) is 18.2 Å². The lowest BCUT2D eigenvalue weighted by Crippen LogP contribution is -2.50. The minimum Gasteiger partial charge on any atom is -0.548 e. The first-order valence-electron chi connectivity index (χ1n) is 5.59. The van der Waals surface area contributed by atoms with Gasteiger partial charge in [0.25, 0.3) is 11.6 Å². The Bertz CT molecular complexity index is 513. The van der Waals surface area contributed by atoms with Crippen LogP contribution in [0.2, 0.25) is 0 Å². The van der Waals surface area contributed by atoms with Crippen molar-refractivity contribution in [3.63, 3.8) is 0 Å². The van der Waals surface area contributed by atoms with Crippen LogP contribution in [0.4, 0.5) is 5.69 Å². The van der Waals surface area contributed by atoms with E-state index < -0.39 is 22.8 Å². The van der Waals surface area contributed by atoms with E-state index in [1.54, 1.807) is 13.8 Å². The van der Waals surface area contributed by atoms with Gasteiger partial charge in [0.2, 0.25) is 0 Å². The van der Waals surface area contributed by atoms with E-state index in [9.17, 15) is 24.8 Å². The van der Waals surface area contributed by atoms with Gasteiger partial charge in [-0.2, -0.15) is 0 Å². The molecule has 0 aliphatic carbocycles. The molecule has 1 aromatic rings. The highest BCUT2D eigenvalue weighted by Gasteiger charge is 2.19. The zero-order valence-corrected chi connectivity index (χ0v) is 10.5. The number of carbonyl (C=O) groups is 2. The zero-order valence-electron chi connectivity index (χ0n) is 10.5. The molecule has 0 aliphatic heterocycles. The van der Waals surface area contributed by atoms with E-state index in [4.69, 9.17) is 0 Å². The molecular weight excluding hydrogens is 252 g/mol. The molecule has 102 valence electrons. The Morgan fingerprint density at radius 2 is 1.95 bits per heavy atom. The van der Waals surface area contributed by atoms with E-state index in [0.29, 0.717) is 0 Å². The highest BCUT2D eigenvalue weighted by Crippen LogP contribution is 2.13. The van der Waals surface area contributed by atoms with Gasteiger partial charge in [0.15, 0.2) is 0 Å². The fourth-order valence-electron chi connectivity index (χ4n) is 1.48. The van der Waals surface area contributed by atoms with Crippen LogP contribution < -0.4 is 10.4 Å². The number of non-ortho nitro benzene ring substituents is 1. The van der Waals surface area contributed by atoms with Crippen LogP contribution in [0.3, 0.4) is 0 Å². The van der Waals surface area contributed by atoms with Crippen molar-refractivity contribution in [3.05, 3.63) is 39.9 Å². The summed E-state index contributed by atoms with van der Waals surface area (Å²) in [5.41, 5.74) is -0.205. The molecule has 0 aromatic heterocycles. The van der Waals surface area contributed by atoms with Crippen LogP contribution in [-0.2, 0) is 4.79 Å². The monoisotopic (exact) mass is 265 g/mol. The van der Waals surface area contributed by atoms with Gasteiger partial charge in [0.1, 0.15) is 0 Å². The fraction of sp³-hybridized carbons (Fsp3) is 0.333. The number of carboxylic acids is 1. The van der Waals surface area contributed by atoms with Gasteiger partial charge in [-0.1, -0.05) is 19.9 Å². The molecule has 0 fully saturated rings. The summed E-state index contributed by atoms with van der Waals surface area (Å²) >= 11 is 0. The molecule has 0 saturated heterocycles. The van der Waals surface area contributed by atoms with E-state index in [0.717, 1.165) is 6.07 Å². The van der Waals surface area contributed by atoms with Crippen molar-refractivity contribution in [1.29, 1.82) is 0 Å². The number of hydrogen-bond acceptors (Lipinski definition) is 5. The van der Waals surface area contributed by atoms with E-state index >= 15 is 0 Å². The number of amides is 1. The highest BCUT2D eigenvalue weighted by atomic mass is 16.6. The van der Waals surface area contributed by atoms with E-state index in [2.05, 4.69) is 5.32 Å². The second kappa shape index (κ2) is 5.94. The number of carboxylic acid groups (broad SMARTS) is 1. The average molecular weight is 265 g/mol. The molecule has 1 amide bonds. The van der Waals surface area contributed by atoms with Crippen LogP contribution in [0, 0.1) is 16.0 Å². The lowest BCUT2D eigenvalue weighted by Gasteiger charge is -2.23. The molecule has 1 atom stereocenters. The van der Waals surface area contributed by atoms with Crippen LogP contribution in [0.5, 0.6) is 0 Å². The molecule has 0 heterocycles. The van der Waals surface area contributed by atoms with E-state index in [-0.39, 0.29) is 17.2 Å². The Labute approximate surface area is 109 Å². The first kappa shape index (κ1) is 14.6. The van der Waals surface area contributed by atoms with Crippen molar-refractivity contribution in [3.8, 4) is 0 Å². The van der Waals surface area contributed by atoms with Crippen LogP contribution in [0.15, 0.2) is 24.3 Å². The van der Waals surface area contributed by atoms with Crippen molar-refractivity contribution >= 4 is 17.6 Å². The number of carbonyl (C=O) groups excluding carboxylic acids is 2. The molecule has 7 heteroatoms. The average Bonchev–Trinajstić information content (AvgIpc) is 2.34. The summed E-state index contributed by atoms with van der Waals surface area (Å²) in [5.74, 6) is -2.44. The lowest BCUT2D eigenvalue weighted by molar-refractivity contribution is -0.384. The Morgan fingerprint density at radius 1 is 1.32 bits per heavy atom. The topological polar surface area (TPSA) is 112 Å². The summed E-state index contributed by atoms with van der Waals surface area (Å²) < 4.78 is 0. The molecule has 0 spiro atoms. The molecule has 0 aliphatic rings. The van der Waals surface area contributed by atoms with E-state index in [1.807, 2.05) is 0 Å². The summed E-state index contributed by atoms with van der Waals surface area (Å²) in [6, 6.07) is 3.91. The van der Waals surface area contributed by atoms with Crippen molar-refractivity contribution in [2.75, 3.05) is 0 Å². The third kappa shape index (κ3) is 3.77. The maximum atomic E-state index is 11.8. The minimum absolute atomic E-state index is 0.0288. The summed E-state index contributed by atoms with van der Waals surface area (Å²) in [6.07, 6.45) is 0. The van der Waals surface area contributed by atoms with Gasteiger partial charge < -0.3 is 15.2 Å². The maximum Gasteiger partial charge on any atom is 0.270 e. The summed E-state index contributed by atoms with van der Waals surface area (Å²) in [5, 5.41) is 23.7. The third-order valence-electron chi connectivity index (χ3n) is 2.53. The predicted octanol–water partition coefficient (Wildman–Crippen LogP) is 0.0991. The van der Waals surface area contributed by atoms with Gasteiger partial charge in [-0.05, 0) is 12.0 Å². The van der Waals surface area contributed by atoms with Gasteiger partial charge in [-0.25, -0.2) is 0 Å². The normalized spacial score (nSPS) is 11.9. The lowest BCUT2D eigenvalue weighted by atomic mass is 10.0. The first-order chi connectivity index (χ1) is 8.82. The van der Waals surface area contributed by atoms with Crippen molar-refractivity contribution in [1.82, 2.24) is 5.32 Å². The standard InChI is InChI=1S/C12H14N2O5/c1-7(2)10(12(16)17)13-11(15)8-4-3-5-9(6-8)14(18)19/h3-7,10H,1-2H3,(H,13,15)(H,16,17)/p-1/t10-/m0/s1. The smallest absolute Gasteiger partial charge is 0.270 e. The Hall–Kier alpha value is -2.44. The minimum atomic E-state index is -1.39. The van der Waals surface area contributed by atoms with Gasteiger partial charge in [0.05, 0.1) is 16.9 Å². The maximum absolute atomic E-state index is 11.8. The largest absolute Gasteiger partial charge is 0.548 e. The highest BCUT2D eigenvalue weighted by molar-refractivity contribution is 5.96. The predicted molar refractivity (Wildman–Crippen MR) is 64.2 cm³/mol. The van der Waals surface area contributed by atoms with Crippen LogP contribution in [0.1, 0.15) is 24.2 Å². The van der Waals surface area contributed by atoms with Crippen LogP contribution >= 0.6 is 0 Å². The van der Waals surface area contributed by atoms with Crippen LogP contribution in [-0.4, -0.2) is 22.8 Å². The third-order valence-corrected chi connectivity index (χ3v) is 2.53. The summed E-state index contributed by atoms with van der Waals surface area (Å²) in [7, 11) is 0. The number of nitrogens with one attached hydrogen (secondary N) is 1. The number of nitrogens with zero attached hydrogens (tertiary/aromatic N) is 1.